The van der Waals surface area contributed by atoms with Gasteiger partial charge in [0, 0.05) is 0 Å². The van der Waals surface area contributed by atoms with Crippen molar-refractivity contribution >= 4 is 17.0 Å². The molecule has 4 heteroatoms. The molecule has 0 aliphatic carbocycles. The Kier molecular flexibility index (Phi) is 39.2. The second-order valence-electron chi connectivity index (χ2n) is 13.2. The summed E-state index contributed by atoms with van der Waals surface area (Å²) in [5.74, 6) is 0. The van der Waals surface area contributed by atoms with Gasteiger partial charge in [0.25, 0.3) is 0 Å². The third-order valence-corrected chi connectivity index (χ3v) is 6.81. The average molecular weight is 645 g/mol. The zero-order valence-corrected chi connectivity index (χ0v) is 29.6. The summed E-state index contributed by atoms with van der Waals surface area (Å²) in [6.07, 6.45) is 31.3. The molecule has 2 N–H and O–H groups in total. The van der Waals surface area contributed by atoms with Crippen LogP contribution in [0.3, 0.4) is 0 Å². The summed E-state index contributed by atoms with van der Waals surface area (Å²) in [6.45, 7) is 11.5. The lowest BCUT2D eigenvalue weighted by Crippen LogP contribution is -3.00. The molecule has 0 bridgehead atoms. The molecule has 0 heterocycles. The molecule has 0 aromatic carbocycles. The molecule has 2 nitrogen and oxygen atoms in total. The number of unbranched alkanes of at least 4 members (excludes halogenated alkanes) is 19. The SMILES string of the molecule is Br.CC(C)(C)CCCCCCCCCCCN.CCCCCCCCCCCCCC[N+](C)(C)C.[Br-]. The number of halogens is 2. The number of quaternary nitrogens is 1. The molecular formula is C32H72Br2N2. The Morgan fingerprint density at radius 1 is 0.500 bits per heavy atom. The molecule has 224 valence electrons. The van der Waals surface area contributed by atoms with E-state index >= 15 is 0 Å². The van der Waals surface area contributed by atoms with Gasteiger partial charge in [-0.05, 0) is 37.6 Å². The van der Waals surface area contributed by atoms with E-state index in [1.807, 2.05) is 0 Å². The Labute approximate surface area is 251 Å². The number of rotatable bonds is 23. The van der Waals surface area contributed by atoms with Crippen molar-refractivity contribution in [3.8, 4) is 0 Å². The molecule has 0 spiro atoms. The van der Waals surface area contributed by atoms with Gasteiger partial charge in [0.2, 0.25) is 0 Å². The summed E-state index contributed by atoms with van der Waals surface area (Å²) in [4.78, 5) is 0. The van der Waals surface area contributed by atoms with E-state index < -0.39 is 0 Å². The van der Waals surface area contributed by atoms with Crippen molar-refractivity contribution in [1.82, 2.24) is 0 Å². The Balaban J connectivity index is -0.000000271. The molecule has 0 amide bonds. The molecule has 0 atom stereocenters. The summed E-state index contributed by atoms with van der Waals surface area (Å²) in [6, 6.07) is 0. The molecule has 0 aliphatic heterocycles. The van der Waals surface area contributed by atoms with E-state index in [1.165, 1.54) is 148 Å². The number of hydrogen-bond acceptors (Lipinski definition) is 1. The van der Waals surface area contributed by atoms with Gasteiger partial charge in [-0.2, -0.15) is 0 Å². The Bertz CT molecular complexity index is 375. The van der Waals surface area contributed by atoms with Gasteiger partial charge in [0.1, 0.15) is 0 Å². The Hall–Kier alpha value is 0.880. The van der Waals surface area contributed by atoms with Gasteiger partial charge in [0.15, 0.2) is 0 Å². The molecule has 0 unspecified atom stereocenters. The lowest BCUT2D eigenvalue weighted by Gasteiger charge is -2.23. The van der Waals surface area contributed by atoms with Crippen LogP contribution in [0.15, 0.2) is 0 Å². The van der Waals surface area contributed by atoms with Crippen molar-refractivity contribution in [1.29, 1.82) is 0 Å². The third kappa shape index (κ3) is 48.0. The smallest absolute Gasteiger partial charge is 0.0780 e. The van der Waals surface area contributed by atoms with Crippen LogP contribution < -0.4 is 22.7 Å². The maximum atomic E-state index is 5.46. The van der Waals surface area contributed by atoms with E-state index in [-0.39, 0.29) is 34.0 Å². The molecular weight excluding hydrogens is 572 g/mol. The number of nitrogens with zero attached hydrogens (tertiary/aromatic N) is 1. The highest BCUT2D eigenvalue weighted by atomic mass is 79.9. The second kappa shape index (κ2) is 32.1. The predicted octanol–water partition coefficient (Wildman–Crippen LogP) is 7.87. The van der Waals surface area contributed by atoms with Crippen LogP contribution in [0.5, 0.6) is 0 Å². The van der Waals surface area contributed by atoms with Gasteiger partial charge in [-0.3, -0.25) is 0 Å². The standard InChI is InChI=1S/C17H38N.C15H33N.2BrH/c1-5-6-7-8-9-10-11-12-13-14-15-16-17-18(2,3)4;1-15(2,3)13-11-9-7-5-4-6-8-10-12-14-16;;/h5-17H2,1-4H3;4-14,16H2,1-3H3;2*1H/q+1;;;/p-1. The van der Waals surface area contributed by atoms with Crippen LogP contribution in [0, 0.1) is 5.41 Å². The van der Waals surface area contributed by atoms with Gasteiger partial charge < -0.3 is 27.2 Å². The molecule has 0 rings (SSSR count). The van der Waals surface area contributed by atoms with E-state index in [9.17, 15) is 0 Å². The fraction of sp³-hybridized carbons (Fsp3) is 1.00. The molecule has 0 radical (unpaired) electrons. The minimum absolute atomic E-state index is 0. The molecule has 0 fully saturated rings. The molecule has 0 aromatic heterocycles. The van der Waals surface area contributed by atoms with E-state index in [2.05, 4.69) is 48.8 Å². The predicted molar refractivity (Wildman–Crippen MR) is 169 cm³/mol. The van der Waals surface area contributed by atoms with Crippen LogP contribution in [0.2, 0.25) is 0 Å². The van der Waals surface area contributed by atoms with Crippen molar-refractivity contribution in [3.05, 3.63) is 0 Å². The summed E-state index contributed by atoms with van der Waals surface area (Å²) in [5, 5.41) is 0. The molecule has 0 aliphatic rings. The zero-order chi connectivity index (χ0) is 26.0. The topological polar surface area (TPSA) is 26.0 Å². The first-order valence-corrected chi connectivity index (χ1v) is 15.6. The summed E-state index contributed by atoms with van der Waals surface area (Å²) in [5.41, 5.74) is 5.99. The van der Waals surface area contributed by atoms with Crippen molar-refractivity contribution in [2.24, 2.45) is 11.1 Å². The van der Waals surface area contributed by atoms with Crippen molar-refractivity contribution in [3.63, 3.8) is 0 Å². The first-order valence-electron chi connectivity index (χ1n) is 15.6. The fourth-order valence-electron chi connectivity index (χ4n) is 4.46. The van der Waals surface area contributed by atoms with Crippen molar-refractivity contribution in [2.45, 2.75) is 169 Å². The fourth-order valence-corrected chi connectivity index (χ4v) is 4.46. The van der Waals surface area contributed by atoms with Gasteiger partial charge in [-0.1, -0.05) is 143 Å². The summed E-state index contributed by atoms with van der Waals surface area (Å²) >= 11 is 0. The second-order valence-corrected chi connectivity index (χ2v) is 13.2. The minimum atomic E-state index is 0. The average Bonchev–Trinajstić information content (AvgIpc) is 2.75. The van der Waals surface area contributed by atoms with E-state index in [0.29, 0.717) is 5.41 Å². The van der Waals surface area contributed by atoms with Crippen LogP contribution >= 0.6 is 17.0 Å². The van der Waals surface area contributed by atoms with Gasteiger partial charge in [0.05, 0.1) is 27.7 Å². The Morgan fingerprint density at radius 2 is 0.806 bits per heavy atom. The highest BCUT2D eigenvalue weighted by molar-refractivity contribution is 8.93. The largest absolute Gasteiger partial charge is 1.00 e. The normalized spacial score (nSPS) is 11.3. The first kappa shape index (κ1) is 43.9. The Morgan fingerprint density at radius 3 is 1.11 bits per heavy atom. The van der Waals surface area contributed by atoms with Crippen LogP contribution in [0.25, 0.3) is 0 Å². The number of nitrogens with two attached hydrogens (primary N) is 1. The van der Waals surface area contributed by atoms with Gasteiger partial charge in [-0.25, -0.2) is 0 Å². The highest BCUT2D eigenvalue weighted by Crippen LogP contribution is 2.22. The zero-order valence-electron chi connectivity index (χ0n) is 26.3. The maximum absolute atomic E-state index is 5.46. The van der Waals surface area contributed by atoms with Crippen LogP contribution in [0.1, 0.15) is 169 Å². The lowest BCUT2D eigenvalue weighted by atomic mass is 9.89. The maximum Gasteiger partial charge on any atom is 0.0780 e. The number of hydrogen-bond donors (Lipinski definition) is 1. The molecule has 36 heavy (non-hydrogen) atoms. The quantitative estimate of drug-likeness (QED) is 0.0890. The summed E-state index contributed by atoms with van der Waals surface area (Å²) in [7, 11) is 6.87. The minimum Gasteiger partial charge on any atom is -1.00 e. The van der Waals surface area contributed by atoms with Crippen molar-refractivity contribution < 1.29 is 21.5 Å². The van der Waals surface area contributed by atoms with Crippen LogP contribution in [-0.2, 0) is 0 Å². The molecule has 0 saturated carbocycles. The first-order chi connectivity index (χ1) is 16.1. The van der Waals surface area contributed by atoms with Crippen LogP contribution in [-0.4, -0.2) is 38.7 Å². The van der Waals surface area contributed by atoms with E-state index in [1.54, 1.807) is 0 Å². The van der Waals surface area contributed by atoms with Gasteiger partial charge >= 0.3 is 0 Å². The summed E-state index contributed by atoms with van der Waals surface area (Å²) < 4.78 is 1.12. The van der Waals surface area contributed by atoms with E-state index in [0.717, 1.165) is 11.0 Å². The lowest BCUT2D eigenvalue weighted by molar-refractivity contribution is -0.870. The molecule has 0 aromatic rings. The van der Waals surface area contributed by atoms with Crippen LogP contribution in [0.4, 0.5) is 0 Å². The van der Waals surface area contributed by atoms with Crippen molar-refractivity contribution in [2.75, 3.05) is 34.2 Å². The van der Waals surface area contributed by atoms with E-state index in [4.69, 9.17) is 5.73 Å². The third-order valence-electron chi connectivity index (χ3n) is 6.81. The highest BCUT2D eigenvalue weighted by Gasteiger charge is 2.08. The monoisotopic (exact) mass is 642 g/mol. The molecule has 0 saturated heterocycles. The van der Waals surface area contributed by atoms with Gasteiger partial charge in [-0.15, -0.1) is 17.0 Å².